The summed E-state index contributed by atoms with van der Waals surface area (Å²) >= 11 is 5.72. The van der Waals surface area contributed by atoms with E-state index >= 15 is 0 Å². The van der Waals surface area contributed by atoms with Crippen LogP contribution < -0.4 is 10.2 Å². The van der Waals surface area contributed by atoms with Gasteiger partial charge in [-0.3, -0.25) is 19.4 Å². The Hall–Kier alpha value is -3.73. The van der Waals surface area contributed by atoms with E-state index in [1.807, 2.05) is 6.07 Å². The molecular formula is C31H33F2N5O2S. The minimum Gasteiger partial charge on any atom is -0.336 e. The normalized spacial score (nSPS) is 18.2. The van der Waals surface area contributed by atoms with Gasteiger partial charge < -0.3 is 15.1 Å². The largest absolute Gasteiger partial charge is 0.336 e. The van der Waals surface area contributed by atoms with E-state index in [9.17, 15) is 18.4 Å². The molecule has 2 amide bonds. The Morgan fingerprint density at radius 1 is 0.829 bits per heavy atom. The molecule has 0 unspecified atom stereocenters. The molecule has 2 heterocycles. The molecule has 41 heavy (non-hydrogen) atoms. The first-order valence-corrected chi connectivity index (χ1v) is 14.2. The second kappa shape index (κ2) is 13.3. The molecule has 10 heteroatoms. The quantitative estimate of drug-likeness (QED) is 0.358. The molecule has 2 aliphatic rings. The predicted octanol–water partition coefficient (Wildman–Crippen LogP) is 4.50. The molecule has 0 radical (unpaired) electrons. The first-order valence-electron chi connectivity index (χ1n) is 13.8. The number of halogens is 2. The van der Waals surface area contributed by atoms with Crippen molar-refractivity contribution in [3.05, 3.63) is 96.1 Å². The summed E-state index contributed by atoms with van der Waals surface area (Å²) in [4.78, 5) is 34.5. The molecule has 0 saturated carbocycles. The van der Waals surface area contributed by atoms with Gasteiger partial charge in [0.2, 0.25) is 5.91 Å². The van der Waals surface area contributed by atoms with E-state index in [2.05, 4.69) is 39.4 Å². The maximum atomic E-state index is 13.6. The highest BCUT2D eigenvalue weighted by molar-refractivity contribution is 7.80. The van der Waals surface area contributed by atoms with E-state index < -0.39 is 17.7 Å². The van der Waals surface area contributed by atoms with Gasteiger partial charge in [0.05, 0.1) is 12.1 Å². The van der Waals surface area contributed by atoms with E-state index in [0.29, 0.717) is 23.0 Å². The Balaban J connectivity index is 1.20. The number of hydrogen-bond donors (Lipinski definition) is 1. The van der Waals surface area contributed by atoms with Crippen molar-refractivity contribution in [2.24, 2.45) is 0 Å². The van der Waals surface area contributed by atoms with Gasteiger partial charge in [-0.05, 0) is 79.3 Å². The van der Waals surface area contributed by atoms with Crippen molar-refractivity contribution in [2.75, 3.05) is 49.5 Å². The third kappa shape index (κ3) is 7.32. The summed E-state index contributed by atoms with van der Waals surface area (Å²) in [6.45, 7) is 6.18. The SMILES string of the molecule is O=C(C[C@@H]1C(=O)N(c2ccc(F)cc2)C(=S)N1CCCN1CCN(Cc2ccccc2)CC1)Nc1ccc(F)cc1. The lowest BCUT2D eigenvalue weighted by Gasteiger charge is -2.35. The smallest absolute Gasteiger partial charge is 0.256 e. The second-order valence-corrected chi connectivity index (χ2v) is 10.7. The highest BCUT2D eigenvalue weighted by atomic mass is 32.1. The van der Waals surface area contributed by atoms with E-state index in [1.54, 1.807) is 4.90 Å². The Morgan fingerprint density at radius 2 is 1.44 bits per heavy atom. The fourth-order valence-electron chi connectivity index (χ4n) is 5.31. The van der Waals surface area contributed by atoms with E-state index in [1.165, 1.54) is 59.0 Å². The number of thiocarbonyl (C=S) groups is 1. The molecule has 214 valence electrons. The first kappa shape index (κ1) is 28.8. The number of rotatable bonds is 10. The Kier molecular flexibility index (Phi) is 9.33. The molecule has 2 fully saturated rings. The number of piperazine rings is 1. The molecule has 2 aliphatic heterocycles. The van der Waals surface area contributed by atoms with Crippen LogP contribution in [0.3, 0.4) is 0 Å². The van der Waals surface area contributed by atoms with Gasteiger partial charge in [-0.2, -0.15) is 0 Å². The van der Waals surface area contributed by atoms with Crippen LogP contribution in [0.4, 0.5) is 20.2 Å². The highest BCUT2D eigenvalue weighted by Gasteiger charge is 2.44. The molecule has 2 saturated heterocycles. The summed E-state index contributed by atoms with van der Waals surface area (Å²) in [6, 6.07) is 20.7. The summed E-state index contributed by atoms with van der Waals surface area (Å²) in [5.41, 5.74) is 2.22. The van der Waals surface area contributed by atoms with Crippen LogP contribution in [-0.2, 0) is 16.1 Å². The summed E-state index contributed by atoms with van der Waals surface area (Å²) in [6.07, 6.45) is 0.644. The van der Waals surface area contributed by atoms with Crippen LogP contribution in [0.25, 0.3) is 0 Å². The first-order chi connectivity index (χ1) is 19.9. The van der Waals surface area contributed by atoms with Crippen LogP contribution in [0.15, 0.2) is 78.9 Å². The third-order valence-corrected chi connectivity index (χ3v) is 7.91. The van der Waals surface area contributed by atoms with Crippen molar-refractivity contribution in [3.8, 4) is 0 Å². The summed E-state index contributed by atoms with van der Waals surface area (Å²) < 4.78 is 26.8. The van der Waals surface area contributed by atoms with Crippen molar-refractivity contribution < 1.29 is 18.4 Å². The highest BCUT2D eigenvalue weighted by Crippen LogP contribution is 2.28. The van der Waals surface area contributed by atoms with Crippen LogP contribution in [-0.4, -0.2) is 76.9 Å². The monoisotopic (exact) mass is 577 g/mol. The fraction of sp³-hybridized carbons (Fsp3) is 0.323. The number of benzene rings is 3. The van der Waals surface area contributed by atoms with Gasteiger partial charge >= 0.3 is 0 Å². The van der Waals surface area contributed by atoms with Crippen LogP contribution in [0.1, 0.15) is 18.4 Å². The molecule has 0 aromatic heterocycles. The zero-order valence-electron chi connectivity index (χ0n) is 22.7. The second-order valence-electron chi connectivity index (χ2n) is 10.4. The number of nitrogens with zero attached hydrogens (tertiary/aromatic N) is 4. The van der Waals surface area contributed by atoms with Crippen molar-refractivity contribution in [1.82, 2.24) is 14.7 Å². The molecule has 3 aromatic carbocycles. The molecule has 1 atom stereocenters. The predicted molar refractivity (Wildman–Crippen MR) is 159 cm³/mol. The van der Waals surface area contributed by atoms with Gasteiger partial charge in [0, 0.05) is 45.0 Å². The number of nitrogens with one attached hydrogen (secondary N) is 1. The minimum atomic E-state index is -0.796. The molecule has 0 aliphatic carbocycles. The maximum absolute atomic E-state index is 13.6. The summed E-state index contributed by atoms with van der Waals surface area (Å²) in [5.74, 6) is -1.52. The van der Waals surface area contributed by atoms with Crippen LogP contribution in [0.2, 0.25) is 0 Å². The van der Waals surface area contributed by atoms with E-state index in [4.69, 9.17) is 12.2 Å². The molecule has 5 rings (SSSR count). The van der Waals surface area contributed by atoms with Crippen molar-refractivity contribution in [3.63, 3.8) is 0 Å². The van der Waals surface area contributed by atoms with Gasteiger partial charge in [0.25, 0.3) is 5.91 Å². The van der Waals surface area contributed by atoms with Crippen molar-refractivity contribution in [1.29, 1.82) is 0 Å². The lowest BCUT2D eigenvalue weighted by molar-refractivity contribution is -0.124. The Bertz CT molecular complexity index is 1350. The Labute approximate surface area is 244 Å². The average Bonchev–Trinajstić information content (AvgIpc) is 3.20. The lowest BCUT2D eigenvalue weighted by Crippen LogP contribution is -2.47. The molecule has 0 bridgehead atoms. The van der Waals surface area contributed by atoms with Gasteiger partial charge in [-0.25, -0.2) is 8.78 Å². The Morgan fingerprint density at radius 3 is 2.10 bits per heavy atom. The number of anilines is 2. The number of amides is 2. The summed E-state index contributed by atoms with van der Waals surface area (Å²) in [5, 5.41) is 3.03. The topological polar surface area (TPSA) is 59.1 Å². The number of hydrogen-bond acceptors (Lipinski definition) is 5. The van der Waals surface area contributed by atoms with Crippen molar-refractivity contribution >= 4 is 40.5 Å². The molecule has 0 spiro atoms. The van der Waals surface area contributed by atoms with E-state index in [0.717, 1.165) is 45.7 Å². The van der Waals surface area contributed by atoms with Gasteiger partial charge in [0.15, 0.2) is 5.11 Å². The molecule has 1 N–H and O–H groups in total. The average molecular weight is 578 g/mol. The standard InChI is InChI=1S/C31H33F2N5O2S/c32-24-7-11-26(12-8-24)34-29(39)21-28-30(40)38(27-13-9-25(33)10-14-27)31(41)37(28)16-4-15-35-17-19-36(20-18-35)22-23-5-2-1-3-6-23/h1-3,5-14,28H,4,15-22H2,(H,34,39)/t28-/m1/s1. The van der Waals surface area contributed by atoms with Gasteiger partial charge in [-0.1, -0.05) is 30.3 Å². The van der Waals surface area contributed by atoms with Gasteiger partial charge in [-0.15, -0.1) is 0 Å². The van der Waals surface area contributed by atoms with Crippen LogP contribution >= 0.6 is 12.2 Å². The van der Waals surface area contributed by atoms with Crippen LogP contribution in [0, 0.1) is 11.6 Å². The molecular weight excluding hydrogens is 544 g/mol. The summed E-state index contributed by atoms with van der Waals surface area (Å²) in [7, 11) is 0. The fourth-order valence-corrected chi connectivity index (χ4v) is 5.73. The minimum absolute atomic E-state index is 0.119. The van der Waals surface area contributed by atoms with Crippen molar-refractivity contribution in [2.45, 2.75) is 25.4 Å². The maximum Gasteiger partial charge on any atom is 0.256 e. The number of carbonyl (C=O) groups is 2. The third-order valence-electron chi connectivity index (χ3n) is 7.50. The lowest BCUT2D eigenvalue weighted by atomic mass is 10.1. The number of carbonyl (C=O) groups excluding carboxylic acids is 2. The molecule has 3 aromatic rings. The molecule has 7 nitrogen and oxygen atoms in total. The zero-order chi connectivity index (χ0) is 28.8. The van der Waals surface area contributed by atoms with E-state index in [-0.39, 0.29) is 18.2 Å². The zero-order valence-corrected chi connectivity index (χ0v) is 23.5. The van der Waals surface area contributed by atoms with Gasteiger partial charge in [0.1, 0.15) is 17.7 Å². The van der Waals surface area contributed by atoms with Crippen LogP contribution in [0.5, 0.6) is 0 Å².